The molecular formula is C13H28N2O2S. The van der Waals surface area contributed by atoms with E-state index in [4.69, 9.17) is 0 Å². The number of hydrogen-bond donors (Lipinski definition) is 1. The molecule has 1 aliphatic heterocycles. The third kappa shape index (κ3) is 3.93. The van der Waals surface area contributed by atoms with Crippen LogP contribution in [0.4, 0.5) is 0 Å². The lowest BCUT2D eigenvalue weighted by atomic mass is 9.82. The van der Waals surface area contributed by atoms with Gasteiger partial charge in [0, 0.05) is 19.6 Å². The molecule has 0 aromatic rings. The van der Waals surface area contributed by atoms with Crippen molar-refractivity contribution in [2.75, 3.05) is 31.9 Å². The summed E-state index contributed by atoms with van der Waals surface area (Å²) in [6, 6.07) is 0. The van der Waals surface area contributed by atoms with Gasteiger partial charge in [-0.3, -0.25) is 0 Å². The van der Waals surface area contributed by atoms with Crippen LogP contribution in [0.1, 0.15) is 46.5 Å². The molecule has 5 heteroatoms. The second kappa shape index (κ2) is 6.87. The fourth-order valence-corrected chi connectivity index (χ4v) is 4.09. The number of rotatable bonds is 8. The van der Waals surface area contributed by atoms with Crippen molar-refractivity contribution in [2.45, 2.75) is 46.5 Å². The quantitative estimate of drug-likeness (QED) is 0.688. The molecule has 18 heavy (non-hydrogen) atoms. The van der Waals surface area contributed by atoms with E-state index in [1.165, 1.54) is 0 Å². The molecule has 0 saturated carbocycles. The maximum atomic E-state index is 12.2. The second-order valence-corrected chi connectivity index (χ2v) is 7.45. The molecule has 1 heterocycles. The topological polar surface area (TPSA) is 49.4 Å². The molecule has 1 aliphatic rings. The molecule has 0 spiro atoms. The van der Waals surface area contributed by atoms with Gasteiger partial charge in [0.25, 0.3) is 0 Å². The molecule has 0 amide bonds. The third-order valence-corrected chi connectivity index (χ3v) is 6.08. The molecule has 0 aliphatic carbocycles. The lowest BCUT2D eigenvalue weighted by molar-refractivity contribution is 0.279. The molecule has 1 saturated heterocycles. The maximum Gasteiger partial charge on any atom is 0.215 e. The molecule has 108 valence electrons. The van der Waals surface area contributed by atoms with E-state index in [1.807, 2.05) is 0 Å². The minimum absolute atomic E-state index is 0.226. The van der Waals surface area contributed by atoms with Gasteiger partial charge in [0.2, 0.25) is 10.0 Å². The maximum absolute atomic E-state index is 12.2. The predicted octanol–water partition coefficient (Wildman–Crippen LogP) is 1.83. The van der Waals surface area contributed by atoms with Crippen molar-refractivity contribution in [3.63, 3.8) is 0 Å². The molecule has 0 radical (unpaired) electrons. The van der Waals surface area contributed by atoms with Crippen LogP contribution in [0.15, 0.2) is 0 Å². The first-order valence-corrected chi connectivity index (χ1v) is 8.79. The fourth-order valence-electron chi connectivity index (χ4n) is 2.59. The zero-order valence-corrected chi connectivity index (χ0v) is 12.9. The van der Waals surface area contributed by atoms with Crippen molar-refractivity contribution in [1.82, 2.24) is 9.62 Å². The Morgan fingerprint density at radius 1 is 1.17 bits per heavy atom. The molecule has 0 aromatic carbocycles. The van der Waals surface area contributed by atoms with Crippen LogP contribution in [-0.4, -0.2) is 44.7 Å². The van der Waals surface area contributed by atoms with Gasteiger partial charge in [-0.2, -0.15) is 0 Å². The molecule has 0 atom stereocenters. The van der Waals surface area contributed by atoms with Gasteiger partial charge in [-0.15, -0.1) is 0 Å². The second-order valence-electron chi connectivity index (χ2n) is 5.36. The van der Waals surface area contributed by atoms with Crippen molar-refractivity contribution in [2.24, 2.45) is 5.41 Å². The molecular weight excluding hydrogens is 248 g/mol. The zero-order chi connectivity index (χ0) is 13.6. The minimum atomic E-state index is -3.06. The zero-order valence-electron chi connectivity index (χ0n) is 12.0. The van der Waals surface area contributed by atoms with Crippen molar-refractivity contribution in [3.8, 4) is 0 Å². The molecule has 1 fully saturated rings. The Balaban J connectivity index is 2.49. The number of sulfonamides is 1. The summed E-state index contributed by atoms with van der Waals surface area (Å²) in [6.07, 6.45) is 4.20. The van der Waals surface area contributed by atoms with Gasteiger partial charge in [0.05, 0.1) is 5.75 Å². The van der Waals surface area contributed by atoms with E-state index < -0.39 is 10.0 Å². The van der Waals surface area contributed by atoms with Gasteiger partial charge >= 0.3 is 0 Å². The predicted molar refractivity (Wildman–Crippen MR) is 76.2 cm³/mol. The molecule has 1 N–H and O–H groups in total. The van der Waals surface area contributed by atoms with E-state index in [2.05, 4.69) is 26.1 Å². The van der Waals surface area contributed by atoms with Crippen molar-refractivity contribution in [1.29, 1.82) is 0 Å². The SMILES string of the molecule is CCCNCCS(=O)(=O)N1CCC(CC)(CC)C1. The molecule has 1 rings (SSSR count). The lowest BCUT2D eigenvalue weighted by Gasteiger charge is -2.26. The Morgan fingerprint density at radius 3 is 2.33 bits per heavy atom. The van der Waals surface area contributed by atoms with E-state index >= 15 is 0 Å². The Kier molecular flexibility index (Phi) is 6.08. The minimum Gasteiger partial charge on any atom is -0.316 e. The average Bonchev–Trinajstić information content (AvgIpc) is 2.81. The lowest BCUT2D eigenvalue weighted by Crippen LogP contribution is -2.36. The summed E-state index contributed by atoms with van der Waals surface area (Å²) in [5.74, 6) is 0.233. The van der Waals surface area contributed by atoms with Gasteiger partial charge in [0.15, 0.2) is 0 Å². The fraction of sp³-hybridized carbons (Fsp3) is 1.00. The van der Waals surface area contributed by atoms with E-state index in [0.717, 1.165) is 38.8 Å². The highest BCUT2D eigenvalue weighted by Crippen LogP contribution is 2.38. The van der Waals surface area contributed by atoms with Crippen LogP contribution in [0, 0.1) is 5.41 Å². The summed E-state index contributed by atoms with van der Waals surface area (Å²) in [4.78, 5) is 0. The van der Waals surface area contributed by atoms with Crippen LogP contribution in [-0.2, 0) is 10.0 Å². The summed E-state index contributed by atoms with van der Waals surface area (Å²) >= 11 is 0. The summed E-state index contributed by atoms with van der Waals surface area (Å²) in [7, 11) is -3.06. The van der Waals surface area contributed by atoms with Gasteiger partial charge in [-0.1, -0.05) is 20.8 Å². The van der Waals surface area contributed by atoms with Crippen LogP contribution in [0.3, 0.4) is 0 Å². The van der Waals surface area contributed by atoms with Crippen LogP contribution in [0.25, 0.3) is 0 Å². The summed E-state index contributed by atoms with van der Waals surface area (Å²) < 4.78 is 26.1. The normalized spacial score (nSPS) is 20.4. The Bertz CT molecular complexity index is 337. The monoisotopic (exact) mass is 276 g/mol. The number of hydrogen-bond acceptors (Lipinski definition) is 3. The molecule has 4 nitrogen and oxygen atoms in total. The Morgan fingerprint density at radius 2 is 1.83 bits per heavy atom. The van der Waals surface area contributed by atoms with E-state index in [0.29, 0.717) is 13.1 Å². The number of nitrogens with zero attached hydrogens (tertiary/aromatic N) is 1. The standard InChI is InChI=1S/C13H28N2O2S/c1-4-8-14-9-11-18(16,17)15-10-7-13(5-2,6-3)12-15/h14H,4-12H2,1-3H3. The summed E-state index contributed by atoms with van der Waals surface area (Å²) in [5.41, 5.74) is 0.226. The summed E-state index contributed by atoms with van der Waals surface area (Å²) in [6.45, 7) is 9.30. The smallest absolute Gasteiger partial charge is 0.215 e. The van der Waals surface area contributed by atoms with E-state index in [9.17, 15) is 8.42 Å². The van der Waals surface area contributed by atoms with Crippen LogP contribution in [0.5, 0.6) is 0 Å². The largest absolute Gasteiger partial charge is 0.316 e. The first kappa shape index (κ1) is 15.9. The van der Waals surface area contributed by atoms with E-state index in [1.54, 1.807) is 4.31 Å². The summed E-state index contributed by atoms with van der Waals surface area (Å²) in [5, 5.41) is 3.16. The van der Waals surface area contributed by atoms with Gasteiger partial charge in [0.1, 0.15) is 0 Å². The Labute approximate surface area is 112 Å². The Hall–Kier alpha value is -0.130. The molecule has 0 aromatic heterocycles. The first-order valence-electron chi connectivity index (χ1n) is 7.18. The highest BCUT2D eigenvalue weighted by Gasteiger charge is 2.39. The molecule has 0 bridgehead atoms. The van der Waals surface area contributed by atoms with Gasteiger partial charge in [-0.05, 0) is 37.6 Å². The van der Waals surface area contributed by atoms with Crippen LogP contribution < -0.4 is 5.32 Å². The highest BCUT2D eigenvalue weighted by atomic mass is 32.2. The van der Waals surface area contributed by atoms with Gasteiger partial charge < -0.3 is 5.32 Å². The third-order valence-electron chi connectivity index (χ3n) is 4.26. The molecule has 0 unspecified atom stereocenters. The van der Waals surface area contributed by atoms with Crippen molar-refractivity contribution < 1.29 is 8.42 Å². The highest BCUT2D eigenvalue weighted by molar-refractivity contribution is 7.89. The van der Waals surface area contributed by atoms with Crippen molar-refractivity contribution >= 4 is 10.0 Å². The van der Waals surface area contributed by atoms with Gasteiger partial charge in [-0.25, -0.2) is 12.7 Å². The average molecular weight is 276 g/mol. The number of nitrogens with one attached hydrogen (secondary N) is 1. The van der Waals surface area contributed by atoms with Crippen LogP contribution in [0.2, 0.25) is 0 Å². The van der Waals surface area contributed by atoms with Crippen molar-refractivity contribution in [3.05, 3.63) is 0 Å². The van der Waals surface area contributed by atoms with Crippen LogP contribution >= 0.6 is 0 Å². The van der Waals surface area contributed by atoms with E-state index in [-0.39, 0.29) is 11.2 Å². The first-order chi connectivity index (χ1) is 8.49.